The van der Waals surface area contributed by atoms with Gasteiger partial charge in [-0.2, -0.15) is 0 Å². The van der Waals surface area contributed by atoms with Crippen molar-refractivity contribution >= 4 is 0 Å². The third-order valence-electron chi connectivity index (χ3n) is 13.5. The molecular weight excluding hydrogens is 865 g/mol. The van der Waals surface area contributed by atoms with Crippen LogP contribution < -0.4 is 18.9 Å². The van der Waals surface area contributed by atoms with Crippen LogP contribution in [0, 0.1) is 0 Å². The third-order valence-corrected chi connectivity index (χ3v) is 13.5. The van der Waals surface area contributed by atoms with Crippen molar-refractivity contribution < 1.29 is 28.4 Å². The SMILES string of the molecule is COCCOc1c2cc(C(C)(C)C)cc1Cc1cc(C(C)(C)C)cc(c1OCc1ccccc1)Cc1cc(C(C)(C)C)cc(c1OCCOC)Cc1cc(C(C)(C)C)cc(c1OCc1ccccc1)C2. The molecule has 7 rings (SSSR count). The van der Waals surface area contributed by atoms with Crippen molar-refractivity contribution in [2.45, 2.75) is 144 Å². The molecule has 1 aliphatic rings. The van der Waals surface area contributed by atoms with E-state index in [1.165, 1.54) is 22.3 Å². The summed E-state index contributed by atoms with van der Waals surface area (Å²) in [5.74, 6) is 3.58. The molecule has 0 unspecified atom stereocenters. The van der Waals surface area contributed by atoms with E-state index in [2.05, 4.69) is 192 Å². The van der Waals surface area contributed by atoms with Crippen LogP contribution in [0.1, 0.15) is 161 Å². The van der Waals surface area contributed by atoms with Crippen LogP contribution in [0.2, 0.25) is 0 Å². The first-order valence-electron chi connectivity index (χ1n) is 25.3. The quantitative estimate of drug-likeness (QED) is 0.101. The van der Waals surface area contributed by atoms with E-state index in [9.17, 15) is 0 Å². The lowest BCUT2D eigenvalue weighted by molar-refractivity contribution is 0.145. The van der Waals surface area contributed by atoms with Crippen LogP contribution in [0.3, 0.4) is 0 Å². The molecule has 0 aliphatic heterocycles. The second-order valence-electron chi connectivity index (χ2n) is 23.4. The Morgan fingerprint density at radius 1 is 0.314 bits per heavy atom. The predicted octanol–water partition coefficient (Wildman–Crippen LogP) is 14.8. The van der Waals surface area contributed by atoms with Gasteiger partial charge in [-0.1, -0.05) is 192 Å². The average Bonchev–Trinajstić information content (AvgIpc) is 3.28. The zero-order chi connectivity index (χ0) is 50.4. The van der Waals surface area contributed by atoms with Gasteiger partial charge in [0.2, 0.25) is 0 Å². The molecule has 0 amide bonds. The van der Waals surface area contributed by atoms with Gasteiger partial charge in [-0.05, 0) is 99.5 Å². The molecule has 0 N–H and O–H groups in total. The van der Waals surface area contributed by atoms with Crippen LogP contribution in [0.25, 0.3) is 0 Å². The largest absolute Gasteiger partial charge is 0.491 e. The van der Waals surface area contributed by atoms with Gasteiger partial charge >= 0.3 is 0 Å². The van der Waals surface area contributed by atoms with Crippen molar-refractivity contribution in [2.24, 2.45) is 0 Å². The van der Waals surface area contributed by atoms with Crippen LogP contribution in [0.15, 0.2) is 109 Å². The topological polar surface area (TPSA) is 55.4 Å². The van der Waals surface area contributed by atoms with E-state index in [-0.39, 0.29) is 21.7 Å². The van der Waals surface area contributed by atoms with Gasteiger partial charge in [0, 0.05) is 39.9 Å². The van der Waals surface area contributed by atoms with Crippen molar-refractivity contribution in [2.75, 3.05) is 40.6 Å². The number of hydrogen-bond acceptors (Lipinski definition) is 6. The zero-order valence-electron chi connectivity index (χ0n) is 44.9. The minimum atomic E-state index is -0.155. The van der Waals surface area contributed by atoms with Crippen LogP contribution in [0.4, 0.5) is 0 Å². The van der Waals surface area contributed by atoms with E-state index < -0.39 is 0 Å². The molecule has 6 nitrogen and oxygen atoms in total. The molecule has 6 heteroatoms. The normalized spacial score (nSPS) is 13.2. The molecule has 0 spiro atoms. The van der Waals surface area contributed by atoms with Gasteiger partial charge in [-0.15, -0.1) is 0 Å². The molecule has 0 saturated carbocycles. The van der Waals surface area contributed by atoms with Crippen LogP contribution >= 0.6 is 0 Å². The van der Waals surface area contributed by atoms with Gasteiger partial charge in [0.25, 0.3) is 0 Å². The number of ether oxygens (including phenoxy) is 6. The van der Waals surface area contributed by atoms with E-state index in [4.69, 9.17) is 28.4 Å². The highest BCUT2D eigenvalue weighted by Gasteiger charge is 2.29. The Labute approximate surface area is 421 Å². The Morgan fingerprint density at radius 3 is 0.757 bits per heavy atom. The number of methoxy groups -OCH3 is 2. The molecule has 6 aromatic carbocycles. The summed E-state index contributed by atoms with van der Waals surface area (Å²) in [6, 6.07) is 40.1. The van der Waals surface area contributed by atoms with Gasteiger partial charge in [-0.3, -0.25) is 0 Å². The van der Waals surface area contributed by atoms with Gasteiger partial charge in [-0.25, -0.2) is 0 Å². The molecule has 0 saturated heterocycles. The maximum atomic E-state index is 7.20. The number of hydrogen-bond donors (Lipinski definition) is 0. The third kappa shape index (κ3) is 13.0. The lowest BCUT2D eigenvalue weighted by Crippen LogP contribution is -2.18. The first kappa shape index (κ1) is 52.3. The maximum absolute atomic E-state index is 7.20. The fourth-order valence-electron chi connectivity index (χ4n) is 9.28. The number of fused-ring (bicyclic) bond motifs is 8. The van der Waals surface area contributed by atoms with Crippen LogP contribution in [-0.2, 0) is 70.0 Å². The summed E-state index contributed by atoms with van der Waals surface area (Å²) in [7, 11) is 3.47. The number of benzene rings is 6. The van der Waals surface area contributed by atoms with E-state index in [1.807, 2.05) is 0 Å². The van der Waals surface area contributed by atoms with E-state index in [0.717, 1.165) is 78.6 Å². The van der Waals surface area contributed by atoms with Gasteiger partial charge in [0.05, 0.1) is 13.2 Å². The average molecular weight is 945 g/mol. The van der Waals surface area contributed by atoms with Gasteiger partial charge in [0.1, 0.15) is 49.4 Å². The van der Waals surface area contributed by atoms with E-state index in [1.54, 1.807) is 14.2 Å². The first-order chi connectivity index (χ1) is 33.1. The van der Waals surface area contributed by atoms with Gasteiger partial charge in [0.15, 0.2) is 0 Å². The lowest BCUT2D eigenvalue weighted by Gasteiger charge is -2.29. The molecule has 8 bridgehead atoms. The van der Waals surface area contributed by atoms with Crippen molar-refractivity contribution in [3.05, 3.63) is 187 Å². The molecule has 0 aromatic heterocycles. The molecule has 0 radical (unpaired) electrons. The zero-order valence-corrected chi connectivity index (χ0v) is 44.9. The lowest BCUT2D eigenvalue weighted by atomic mass is 9.79. The summed E-state index contributed by atoms with van der Waals surface area (Å²) < 4.78 is 39.7. The predicted molar refractivity (Wildman–Crippen MR) is 288 cm³/mol. The van der Waals surface area contributed by atoms with E-state index in [0.29, 0.717) is 65.3 Å². The Kier molecular flexibility index (Phi) is 16.3. The molecule has 0 fully saturated rings. The summed E-state index contributed by atoms with van der Waals surface area (Å²) >= 11 is 0. The molecule has 0 heterocycles. The Bertz CT molecular complexity index is 2420. The van der Waals surface area contributed by atoms with Crippen molar-refractivity contribution in [1.82, 2.24) is 0 Å². The Balaban J connectivity index is 1.62. The first-order valence-corrected chi connectivity index (χ1v) is 25.3. The molecule has 372 valence electrons. The maximum Gasteiger partial charge on any atom is 0.126 e. The summed E-state index contributed by atoms with van der Waals surface area (Å²) in [6.07, 6.45) is 2.37. The molecular formula is C64H80O6. The summed E-state index contributed by atoms with van der Waals surface area (Å²) in [5.41, 5.74) is 15.6. The Hall–Kier alpha value is -5.56. The van der Waals surface area contributed by atoms with Crippen molar-refractivity contribution in [3.8, 4) is 23.0 Å². The Morgan fingerprint density at radius 2 is 0.543 bits per heavy atom. The monoisotopic (exact) mass is 945 g/mol. The van der Waals surface area contributed by atoms with Crippen molar-refractivity contribution in [1.29, 1.82) is 0 Å². The smallest absolute Gasteiger partial charge is 0.126 e. The van der Waals surface area contributed by atoms with Crippen LogP contribution in [0.5, 0.6) is 23.0 Å². The molecule has 1 aliphatic carbocycles. The minimum absolute atomic E-state index is 0.154. The fourth-order valence-corrected chi connectivity index (χ4v) is 9.28. The van der Waals surface area contributed by atoms with Gasteiger partial charge < -0.3 is 28.4 Å². The molecule has 0 atom stereocenters. The van der Waals surface area contributed by atoms with Crippen molar-refractivity contribution in [3.63, 3.8) is 0 Å². The second-order valence-corrected chi connectivity index (χ2v) is 23.4. The molecule has 6 aromatic rings. The number of rotatable bonds is 14. The fraction of sp³-hybridized carbons (Fsp3) is 0.438. The van der Waals surface area contributed by atoms with Crippen LogP contribution in [-0.4, -0.2) is 40.6 Å². The summed E-state index contributed by atoms with van der Waals surface area (Å²) in [6.45, 7) is 30.3. The molecule has 70 heavy (non-hydrogen) atoms. The standard InChI is InChI=1S/C64H80O6/c1-61(2,3)53-33-45-29-49-37-55(63(7,8)9)39-51(59(49)69-41-43-21-17-15-18-22-43)31-47-35-54(62(4,5)6)36-48(58(47)68-28-26-66-14)32-52-40-56(64(10,11)12)38-50(30-46(34-53)57(45)67-27-25-65-13)60(52)70-42-44-23-19-16-20-24-44/h15-24,33-40H,25-32,41-42H2,1-14H3. The summed E-state index contributed by atoms with van der Waals surface area (Å²) in [5, 5.41) is 0. The minimum Gasteiger partial charge on any atom is -0.491 e. The second kappa shape index (κ2) is 21.8. The summed E-state index contributed by atoms with van der Waals surface area (Å²) in [4.78, 5) is 0. The highest BCUT2D eigenvalue weighted by atomic mass is 16.5. The van der Waals surface area contributed by atoms with E-state index >= 15 is 0 Å². The highest BCUT2D eigenvalue weighted by molar-refractivity contribution is 5.60. The highest BCUT2D eigenvalue weighted by Crippen LogP contribution is 2.45.